The Balaban J connectivity index is 0.00000100. The highest BCUT2D eigenvalue weighted by molar-refractivity contribution is 14.1. The summed E-state index contributed by atoms with van der Waals surface area (Å²) in [4.78, 5) is 0. The Labute approximate surface area is 160 Å². The number of halogens is 1. The first-order valence-corrected chi connectivity index (χ1v) is 10.5. The van der Waals surface area contributed by atoms with Crippen molar-refractivity contribution in [1.29, 1.82) is 0 Å². The standard InChI is InChI=1S/C19H25IO2.C2H6/c20-17-8-6-16(7-9-17)15-4-1-14(2-5-15)3-11-19-12-10-18(21)13-22-19;1-2/h3,6-9,11,14-15,18-19,21H,1-2,4-5,10,12-13H2;1-2H3/b11-3+;. The van der Waals surface area contributed by atoms with Gasteiger partial charge < -0.3 is 9.84 Å². The van der Waals surface area contributed by atoms with Crippen LogP contribution in [-0.2, 0) is 4.74 Å². The molecule has 1 aliphatic carbocycles. The van der Waals surface area contributed by atoms with E-state index in [4.69, 9.17) is 4.74 Å². The molecule has 0 radical (unpaired) electrons. The third-order valence-corrected chi connectivity index (χ3v) is 5.72. The number of hydrogen-bond donors (Lipinski definition) is 1. The monoisotopic (exact) mass is 442 g/mol. The Morgan fingerprint density at radius 2 is 1.62 bits per heavy atom. The van der Waals surface area contributed by atoms with Gasteiger partial charge in [-0.15, -0.1) is 0 Å². The molecule has 1 saturated heterocycles. The highest BCUT2D eigenvalue weighted by Gasteiger charge is 2.22. The molecule has 0 aromatic heterocycles. The lowest BCUT2D eigenvalue weighted by Crippen LogP contribution is -2.28. The molecule has 2 fully saturated rings. The minimum Gasteiger partial charge on any atom is -0.391 e. The fourth-order valence-electron chi connectivity index (χ4n) is 3.57. The minimum atomic E-state index is -0.256. The second-order valence-electron chi connectivity index (χ2n) is 6.65. The highest BCUT2D eigenvalue weighted by Crippen LogP contribution is 2.36. The first-order chi connectivity index (χ1) is 11.7. The molecule has 1 heterocycles. The lowest BCUT2D eigenvalue weighted by molar-refractivity contribution is -0.0360. The molecule has 1 aromatic carbocycles. The van der Waals surface area contributed by atoms with Crippen molar-refractivity contribution in [2.75, 3.05) is 6.61 Å². The average Bonchev–Trinajstić information content (AvgIpc) is 2.64. The summed E-state index contributed by atoms with van der Waals surface area (Å²) in [6, 6.07) is 9.03. The zero-order chi connectivity index (χ0) is 17.4. The summed E-state index contributed by atoms with van der Waals surface area (Å²) in [6.07, 6.45) is 11.5. The van der Waals surface area contributed by atoms with Crippen LogP contribution in [0.5, 0.6) is 0 Å². The zero-order valence-electron chi connectivity index (χ0n) is 15.0. The Morgan fingerprint density at radius 3 is 2.21 bits per heavy atom. The van der Waals surface area contributed by atoms with Gasteiger partial charge in [-0.1, -0.05) is 38.1 Å². The number of hydrogen-bond acceptors (Lipinski definition) is 2. The van der Waals surface area contributed by atoms with Crippen molar-refractivity contribution in [2.24, 2.45) is 5.92 Å². The summed E-state index contributed by atoms with van der Waals surface area (Å²) < 4.78 is 6.96. The Kier molecular flexibility index (Phi) is 8.77. The number of ether oxygens (including phenoxy) is 1. The van der Waals surface area contributed by atoms with Crippen LogP contribution in [0.2, 0.25) is 0 Å². The molecule has 0 spiro atoms. The summed E-state index contributed by atoms with van der Waals surface area (Å²) in [5.41, 5.74) is 1.51. The van der Waals surface area contributed by atoms with Gasteiger partial charge in [-0.05, 0) is 90.6 Å². The maximum absolute atomic E-state index is 9.45. The molecule has 1 aromatic rings. The van der Waals surface area contributed by atoms with Crippen molar-refractivity contribution >= 4 is 22.6 Å². The highest BCUT2D eigenvalue weighted by atomic mass is 127. The molecule has 134 valence electrons. The smallest absolute Gasteiger partial charge is 0.0775 e. The number of aliphatic hydroxyl groups excluding tert-OH is 1. The van der Waals surface area contributed by atoms with Gasteiger partial charge in [-0.3, -0.25) is 0 Å². The van der Waals surface area contributed by atoms with Crippen LogP contribution in [0, 0.1) is 9.49 Å². The van der Waals surface area contributed by atoms with Crippen molar-refractivity contribution in [3.63, 3.8) is 0 Å². The third-order valence-electron chi connectivity index (χ3n) is 5.00. The van der Waals surface area contributed by atoms with E-state index in [0.717, 1.165) is 18.8 Å². The predicted molar refractivity (Wildman–Crippen MR) is 109 cm³/mol. The molecule has 1 aliphatic heterocycles. The largest absolute Gasteiger partial charge is 0.391 e. The van der Waals surface area contributed by atoms with Gasteiger partial charge in [0, 0.05) is 3.57 Å². The number of rotatable bonds is 3. The van der Waals surface area contributed by atoms with Crippen molar-refractivity contribution < 1.29 is 9.84 Å². The van der Waals surface area contributed by atoms with Gasteiger partial charge >= 0.3 is 0 Å². The molecule has 2 aliphatic rings. The molecule has 3 heteroatoms. The van der Waals surface area contributed by atoms with Crippen molar-refractivity contribution in [3.8, 4) is 0 Å². The van der Waals surface area contributed by atoms with E-state index in [1.807, 2.05) is 13.8 Å². The van der Waals surface area contributed by atoms with Gasteiger partial charge in [-0.25, -0.2) is 0 Å². The Hall–Kier alpha value is -0.390. The molecule has 0 amide bonds. The van der Waals surface area contributed by atoms with Crippen LogP contribution >= 0.6 is 22.6 Å². The molecule has 2 nitrogen and oxygen atoms in total. The number of aliphatic hydroxyl groups is 1. The summed E-state index contributed by atoms with van der Waals surface area (Å²) >= 11 is 2.37. The van der Waals surface area contributed by atoms with E-state index in [9.17, 15) is 5.11 Å². The van der Waals surface area contributed by atoms with Crippen LogP contribution in [-0.4, -0.2) is 23.9 Å². The van der Waals surface area contributed by atoms with Gasteiger partial charge in [0.05, 0.1) is 18.8 Å². The van der Waals surface area contributed by atoms with Crippen molar-refractivity contribution in [1.82, 2.24) is 0 Å². The molecule has 2 atom stereocenters. The maximum Gasteiger partial charge on any atom is 0.0775 e. The number of benzene rings is 1. The lowest BCUT2D eigenvalue weighted by atomic mass is 9.78. The molecular formula is C21H31IO2. The normalized spacial score (nSPS) is 30.7. The van der Waals surface area contributed by atoms with E-state index in [2.05, 4.69) is 59.0 Å². The molecule has 24 heavy (non-hydrogen) atoms. The quantitative estimate of drug-likeness (QED) is 0.482. The van der Waals surface area contributed by atoms with E-state index < -0.39 is 0 Å². The van der Waals surface area contributed by atoms with Gasteiger partial charge in [0.25, 0.3) is 0 Å². The van der Waals surface area contributed by atoms with Crippen LogP contribution in [0.4, 0.5) is 0 Å². The van der Waals surface area contributed by atoms with Crippen LogP contribution in [0.15, 0.2) is 36.4 Å². The van der Waals surface area contributed by atoms with E-state index in [1.165, 1.54) is 34.8 Å². The van der Waals surface area contributed by atoms with E-state index in [0.29, 0.717) is 12.5 Å². The van der Waals surface area contributed by atoms with Gasteiger partial charge in [-0.2, -0.15) is 0 Å². The van der Waals surface area contributed by atoms with E-state index in [-0.39, 0.29) is 12.2 Å². The Morgan fingerprint density at radius 1 is 0.958 bits per heavy atom. The first-order valence-electron chi connectivity index (χ1n) is 9.44. The molecule has 1 N–H and O–H groups in total. The summed E-state index contributed by atoms with van der Waals surface area (Å²) in [6.45, 7) is 4.49. The van der Waals surface area contributed by atoms with Gasteiger partial charge in [0.15, 0.2) is 0 Å². The van der Waals surface area contributed by atoms with Crippen LogP contribution in [0.1, 0.15) is 63.9 Å². The van der Waals surface area contributed by atoms with Gasteiger partial charge in [0.2, 0.25) is 0 Å². The fraction of sp³-hybridized carbons (Fsp3) is 0.619. The molecular weight excluding hydrogens is 411 g/mol. The fourth-order valence-corrected chi connectivity index (χ4v) is 3.93. The summed E-state index contributed by atoms with van der Waals surface area (Å²) in [5, 5.41) is 9.45. The first kappa shape index (κ1) is 19.9. The van der Waals surface area contributed by atoms with Crippen molar-refractivity contribution in [3.05, 3.63) is 45.6 Å². The van der Waals surface area contributed by atoms with Crippen LogP contribution in [0.3, 0.4) is 0 Å². The second kappa shape index (κ2) is 10.6. The van der Waals surface area contributed by atoms with Crippen LogP contribution in [0.25, 0.3) is 0 Å². The van der Waals surface area contributed by atoms with Crippen LogP contribution < -0.4 is 0 Å². The van der Waals surface area contributed by atoms with Crippen molar-refractivity contribution in [2.45, 2.75) is 70.5 Å². The number of allylic oxidation sites excluding steroid dienone is 1. The van der Waals surface area contributed by atoms with E-state index in [1.54, 1.807) is 0 Å². The SMILES string of the molecule is CC.OC1CCC(/C=C/C2CCC(c3ccc(I)cc3)CC2)OC1. The predicted octanol–water partition coefficient (Wildman–Crippen LogP) is 5.69. The minimum absolute atomic E-state index is 0.220. The van der Waals surface area contributed by atoms with Gasteiger partial charge in [0.1, 0.15) is 0 Å². The lowest BCUT2D eigenvalue weighted by Gasteiger charge is -2.28. The zero-order valence-corrected chi connectivity index (χ0v) is 17.1. The van der Waals surface area contributed by atoms with E-state index >= 15 is 0 Å². The average molecular weight is 442 g/mol. The second-order valence-corrected chi connectivity index (χ2v) is 7.90. The summed E-state index contributed by atoms with van der Waals surface area (Å²) in [5.74, 6) is 1.44. The summed E-state index contributed by atoms with van der Waals surface area (Å²) in [7, 11) is 0. The third kappa shape index (κ3) is 6.16. The Bertz CT molecular complexity index is 481. The molecule has 2 unspecified atom stereocenters. The molecule has 0 bridgehead atoms. The maximum atomic E-state index is 9.45. The molecule has 1 saturated carbocycles. The topological polar surface area (TPSA) is 29.5 Å². The molecule has 3 rings (SSSR count).